The molecule has 0 fully saturated rings. The Balaban J connectivity index is 2.14. The van der Waals surface area contributed by atoms with Crippen LogP contribution in [0.5, 0.6) is 11.5 Å². The second kappa shape index (κ2) is 8.20. The Labute approximate surface area is 135 Å². The first-order chi connectivity index (χ1) is 10.2. The molecule has 2 aromatic carbocycles. The number of ether oxygens (including phenoxy) is 1. The summed E-state index contributed by atoms with van der Waals surface area (Å²) in [5.74, 6) is 1.79. The van der Waals surface area contributed by atoms with Crippen LogP contribution in [-0.2, 0) is 13.0 Å². The van der Waals surface area contributed by atoms with Crippen molar-refractivity contribution < 1.29 is 4.74 Å². The molecule has 0 saturated heterocycles. The number of halogens is 1. The van der Waals surface area contributed by atoms with Gasteiger partial charge in [0.2, 0.25) is 0 Å². The fraction of sp³-hybridized carbons (Fsp3) is 0.333. The summed E-state index contributed by atoms with van der Waals surface area (Å²) in [5.41, 5.74) is 2.51. The Morgan fingerprint density at radius 1 is 1.05 bits per heavy atom. The Bertz CT molecular complexity index is 566. The molecule has 0 atom stereocenters. The van der Waals surface area contributed by atoms with Crippen LogP contribution in [0.4, 0.5) is 0 Å². The lowest BCUT2D eigenvalue weighted by Gasteiger charge is -2.12. The van der Waals surface area contributed by atoms with Gasteiger partial charge in [-0.15, -0.1) is 0 Å². The van der Waals surface area contributed by atoms with Gasteiger partial charge in [0.05, 0.1) is 0 Å². The van der Waals surface area contributed by atoms with Gasteiger partial charge < -0.3 is 10.1 Å². The largest absolute Gasteiger partial charge is 0.457 e. The van der Waals surface area contributed by atoms with Crippen molar-refractivity contribution in [1.29, 1.82) is 0 Å². The van der Waals surface area contributed by atoms with Crippen LogP contribution in [0.1, 0.15) is 31.4 Å². The van der Waals surface area contributed by atoms with Crippen molar-refractivity contribution in [3.05, 3.63) is 58.1 Å². The zero-order valence-corrected chi connectivity index (χ0v) is 14.2. The van der Waals surface area contributed by atoms with Crippen LogP contribution < -0.4 is 10.1 Å². The van der Waals surface area contributed by atoms with Gasteiger partial charge in [-0.25, -0.2) is 0 Å². The number of nitrogens with one attached hydrogen (secondary N) is 1. The maximum Gasteiger partial charge on any atom is 0.131 e. The summed E-state index contributed by atoms with van der Waals surface area (Å²) in [6.45, 7) is 6.04. The van der Waals surface area contributed by atoms with E-state index in [-0.39, 0.29) is 0 Å². The van der Waals surface area contributed by atoms with E-state index in [4.69, 9.17) is 4.74 Å². The third-order valence-electron chi connectivity index (χ3n) is 3.28. The number of rotatable bonds is 7. The first kappa shape index (κ1) is 16.1. The van der Waals surface area contributed by atoms with E-state index in [0.29, 0.717) is 0 Å². The Kier molecular flexibility index (Phi) is 6.27. The second-order valence-corrected chi connectivity index (χ2v) is 5.94. The molecule has 2 rings (SSSR count). The average molecular weight is 348 g/mol. The molecule has 0 aliphatic rings. The van der Waals surface area contributed by atoms with Crippen LogP contribution in [0.25, 0.3) is 0 Å². The van der Waals surface area contributed by atoms with Crippen molar-refractivity contribution in [1.82, 2.24) is 5.32 Å². The quantitative estimate of drug-likeness (QED) is 0.733. The third-order valence-corrected chi connectivity index (χ3v) is 3.77. The molecule has 2 aromatic rings. The number of hydrogen-bond donors (Lipinski definition) is 1. The Morgan fingerprint density at radius 2 is 1.81 bits per heavy atom. The summed E-state index contributed by atoms with van der Waals surface area (Å²) < 4.78 is 7.10. The molecule has 0 aliphatic heterocycles. The van der Waals surface area contributed by atoms with Gasteiger partial charge in [-0.3, -0.25) is 0 Å². The molecule has 0 bridgehead atoms. The van der Waals surface area contributed by atoms with Crippen molar-refractivity contribution >= 4 is 15.9 Å². The van der Waals surface area contributed by atoms with Crippen LogP contribution in [0.2, 0.25) is 0 Å². The zero-order valence-electron chi connectivity index (χ0n) is 12.7. The normalized spacial score (nSPS) is 10.6. The lowest BCUT2D eigenvalue weighted by Crippen LogP contribution is -2.12. The number of benzene rings is 2. The van der Waals surface area contributed by atoms with E-state index in [2.05, 4.69) is 53.3 Å². The van der Waals surface area contributed by atoms with Gasteiger partial charge in [0.15, 0.2) is 0 Å². The molecule has 0 spiro atoms. The molecule has 112 valence electrons. The second-order valence-electron chi connectivity index (χ2n) is 5.03. The highest BCUT2D eigenvalue weighted by atomic mass is 79.9. The van der Waals surface area contributed by atoms with Crippen LogP contribution in [0.3, 0.4) is 0 Å². The molecule has 0 aromatic heterocycles. The predicted octanol–water partition coefficient (Wildman–Crippen LogP) is 5.30. The summed E-state index contributed by atoms with van der Waals surface area (Å²) in [4.78, 5) is 0. The summed E-state index contributed by atoms with van der Waals surface area (Å²) in [6, 6.07) is 14.5. The first-order valence-corrected chi connectivity index (χ1v) is 8.28. The van der Waals surface area contributed by atoms with Gasteiger partial charge in [-0.2, -0.15) is 0 Å². The van der Waals surface area contributed by atoms with Gasteiger partial charge in [-0.05, 0) is 48.9 Å². The molecule has 0 saturated carbocycles. The summed E-state index contributed by atoms with van der Waals surface area (Å²) in [7, 11) is 0. The van der Waals surface area contributed by atoms with Gasteiger partial charge in [-0.1, -0.05) is 48.3 Å². The molecule has 0 radical (unpaired) electrons. The predicted molar refractivity (Wildman–Crippen MR) is 92.0 cm³/mol. The minimum atomic E-state index is 0.805. The highest BCUT2D eigenvalue weighted by Gasteiger charge is 2.06. The highest BCUT2D eigenvalue weighted by Crippen LogP contribution is 2.28. The molecule has 21 heavy (non-hydrogen) atoms. The number of aryl methyl sites for hydroxylation is 1. The van der Waals surface area contributed by atoms with Crippen LogP contribution in [0.15, 0.2) is 46.9 Å². The van der Waals surface area contributed by atoms with Gasteiger partial charge in [0.1, 0.15) is 11.5 Å². The fourth-order valence-corrected chi connectivity index (χ4v) is 2.59. The van der Waals surface area contributed by atoms with E-state index in [1.165, 1.54) is 12.0 Å². The molecule has 3 heteroatoms. The Morgan fingerprint density at radius 3 is 2.48 bits per heavy atom. The SMILES string of the molecule is CCCc1ccc(Oc2ccc(Br)cc2CNCC)cc1. The Hall–Kier alpha value is -1.32. The van der Waals surface area contributed by atoms with E-state index < -0.39 is 0 Å². The highest BCUT2D eigenvalue weighted by molar-refractivity contribution is 9.10. The molecular formula is C18H22BrNO. The molecule has 0 aliphatic carbocycles. The standard InChI is InChI=1S/C18H22BrNO/c1-3-5-14-6-9-17(10-7-14)21-18-11-8-16(19)12-15(18)13-20-4-2/h6-12,20H,3-5,13H2,1-2H3. The smallest absolute Gasteiger partial charge is 0.131 e. The van der Waals surface area contributed by atoms with Crippen molar-refractivity contribution in [2.24, 2.45) is 0 Å². The van der Waals surface area contributed by atoms with Crippen molar-refractivity contribution in [2.45, 2.75) is 33.2 Å². The molecule has 0 heterocycles. The van der Waals surface area contributed by atoms with Crippen LogP contribution in [-0.4, -0.2) is 6.54 Å². The van der Waals surface area contributed by atoms with Crippen molar-refractivity contribution in [3.63, 3.8) is 0 Å². The van der Waals surface area contributed by atoms with Crippen LogP contribution >= 0.6 is 15.9 Å². The minimum Gasteiger partial charge on any atom is -0.457 e. The first-order valence-electron chi connectivity index (χ1n) is 7.49. The third kappa shape index (κ3) is 4.87. The maximum absolute atomic E-state index is 6.03. The monoisotopic (exact) mass is 347 g/mol. The van der Waals surface area contributed by atoms with Crippen molar-refractivity contribution in [2.75, 3.05) is 6.54 Å². The molecule has 1 N–H and O–H groups in total. The van der Waals surface area contributed by atoms with Gasteiger partial charge >= 0.3 is 0 Å². The molecular weight excluding hydrogens is 326 g/mol. The van der Waals surface area contributed by atoms with E-state index in [0.717, 1.165) is 41.0 Å². The summed E-state index contributed by atoms with van der Waals surface area (Å²) >= 11 is 3.52. The topological polar surface area (TPSA) is 21.3 Å². The molecule has 0 amide bonds. The zero-order chi connectivity index (χ0) is 15.1. The fourth-order valence-electron chi connectivity index (χ4n) is 2.19. The minimum absolute atomic E-state index is 0.805. The lowest BCUT2D eigenvalue weighted by molar-refractivity contribution is 0.473. The van der Waals surface area contributed by atoms with Crippen molar-refractivity contribution in [3.8, 4) is 11.5 Å². The van der Waals surface area contributed by atoms with Gasteiger partial charge in [0.25, 0.3) is 0 Å². The number of hydrogen-bond acceptors (Lipinski definition) is 2. The van der Waals surface area contributed by atoms with E-state index in [1.807, 2.05) is 24.3 Å². The average Bonchev–Trinajstić information content (AvgIpc) is 2.49. The molecule has 2 nitrogen and oxygen atoms in total. The van der Waals surface area contributed by atoms with E-state index >= 15 is 0 Å². The summed E-state index contributed by atoms with van der Waals surface area (Å²) in [6.07, 6.45) is 2.28. The lowest BCUT2D eigenvalue weighted by atomic mass is 10.1. The summed E-state index contributed by atoms with van der Waals surface area (Å²) in [5, 5.41) is 3.34. The maximum atomic E-state index is 6.03. The van der Waals surface area contributed by atoms with Crippen LogP contribution in [0, 0.1) is 0 Å². The van der Waals surface area contributed by atoms with E-state index in [1.54, 1.807) is 0 Å². The molecule has 0 unspecified atom stereocenters. The van der Waals surface area contributed by atoms with E-state index in [9.17, 15) is 0 Å². The van der Waals surface area contributed by atoms with Gasteiger partial charge in [0, 0.05) is 16.6 Å².